The highest BCUT2D eigenvalue weighted by atomic mass is 35.5. The minimum atomic E-state index is 0.255. The molecule has 0 aliphatic heterocycles. The van der Waals surface area contributed by atoms with Crippen LogP contribution >= 0.6 is 11.6 Å². The molecule has 2 aromatic carbocycles. The maximum atomic E-state index is 9.37. The molecule has 1 N–H and O–H groups in total. The molecule has 82 valence electrons. The number of phenolic OH excluding ortho intramolecular Hbond substituents is 1. The van der Waals surface area contributed by atoms with Gasteiger partial charge in [0.1, 0.15) is 18.1 Å². The Kier molecular flexibility index (Phi) is 3.32. The van der Waals surface area contributed by atoms with Crippen molar-refractivity contribution in [1.82, 2.24) is 0 Å². The van der Waals surface area contributed by atoms with Crippen molar-refractivity contribution in [1.29, 1.82) is 0 Å². The van der Waals surface area contributed by atoms with Crippen LogP contribution < -0.4 is 4.74 Å². The van der Waals surface area contributed by atoms with Gasteiger partial charge in [0.15, 0.2) is 0 Å². The maximum Gasteiger partial charge on any atom is 0.120 e. The van der Waals surface area contributed by atoms with Gasteiger partial charge in [-0.15, -0.1) is 0 Å². The Morgan fingerprint density at radius 2 is 1.94 bits per heavy atom. The zero-order valence-corrected chi connectivity index (χ0v) is 9.32. The van der Waals surface area contributed by atoms with Gasteiger partial charge >= 0.3 is 0 Å². The van der Waals surface area contributed by atoms with Crippen molar-refractivity contribution in [2.24, 2.45) is 0 Å². The molecule has 0 saturated carbocycles. The van der Waals surface area contributed by atoms with Crippen LogP contribution in [0.1, 0.15) is 0 Å². The van der Waals surface area contributed by atoms with Crippen molar-refractivity contribution in [2.45, 2.75) is 0 Å². The van der Waals surface area contributed by atoms with Gasteiger partial charge in [0.05, 0.1) is 0 Å². The van der Waals surface area contributed by atoms with Crippen LogP contribution in [-0.4, -0.2) is 11.7 Å². The molecule has 0 radical (unpaired) electrons. The Bertz CT molecular complexity index is 520. The monoisotopic (exact) mass is 234 g/mol. The number of aromatic hydroxyl groups is 1. The highest BCUT2D eigenvalue weighted by Crippen LogP contribution is 2.24. The summed E-state index contributed by atoms with van der Waals surface area (Å²) in [5.74, 6) is 1.01. The molecule has 2 aromatic rings. The molecule has 0 saturated heterocycles. The molecule has 0 atom stereocenters. The highest BCUT2D eigenvalue weighted by Gasteiger charge is 1.98. The third kappa shape index (κ3) is 2.47. The van der Waals surface area contributed by atoms with E-state index in [-0.39, 0.29) is 5.75 Å². The van der Waals surface area contributed by atoms with E-state index in [1.165, 1.54) is 5.54 Å². The predicted octanol–water partition coefficient (Wildman–Crippen LogP) is 3.68. The third-order valence-corrected chi connectivity index (χ3v) is 2.41. The summed E-state index contributed by atoms with van der Waals surface area (Å²) in [6.07, 6.45) is 1.72. The zero-order chi connectivity index (χ0) is 11.4. The van der Waals surface area contributed by atoms with E-state index in [9.17, 15) is 5.11 Å². The van der Waals surface area contributed by atoms with Crippen molar-refractivity contribution < 1.29 is 9.84 Å². The molecular weight excluding hydrogens is 224 g/mol. The Balaban J connectivity index is 2.28. The van der Waals surface area contributed by atoms with Crippen LogP contribution in [0, 0.1) is 0 Å². The second kappa shape index (κ2) is 4.90. The summed E-state index contributed by atoms with van der Waals surface area (Å²) in [6, 6.07) is 11.0. The molecule has 0 bridgehead atoms. The highest BCUT2D eigenvalue weighted by molar-refractivity contribution is 6.25. The number of hydrogen-bond donors (Lipinski definition) is 1. The standard InChI is InChI=1S/C13H11ClO2/c14-6-1-7-16-13-5-3-10-2-4-12(15)8-11(10)9-13/h1-6,8-9,15H,7H2/b6-1+. The second-order valence-electron chi connectivity index (χ2n) is 3.37. The number of halogens is 1. The fraction of sp³-hybridized carbons (Fsp3) is 0.0769. The van der Waals surface area contributed by atoms with Crippen molar-refractivity contribution in [3.8, 4) is 11.5 Å². The first kappa shape index (κ1) is 10.8. The van der Waals surface area contributed by atoms with Crippen LogP contribution in [-0.2, 0) is 0 Å². The van der Waals surface area contributed by atoms with E-state index in [0.29, 0.717) is 6.61 Å². The average molecular weight is 235 g/mol. The maximum absolute atomic E-state index is 9.37. The minimum Gasteiger partial charge on any atom is -0.508 e. The molecule has 0 heterocycles. The Hall–Kier alpha value is -1.67. The molecule has 3 heteroatoms. The molecule has 16 heavy (non-hydrogen) atoms. The molecule has 2 rings (SSSR count). The lowest BCUT2D eigenvalue weighted by atomic mass is 10.1. The lowest BCUT2D eigenvalue weighted by Crippen LogP contribution is -1.92. The van der Waals surface area contributed by atoms with Crippen LogP contribution in [0.2, 0.25) is 0 Å². The second-order valence-corrected chi connectivity index (χ2v) is 3.62. The third-order valence-electron chi connectivity index (χ3n) is 2.23. The lowest BCUT2D eigenvalue weighted by Gasteiger charge is -2.05. The summed E-state index contributed by atoms with van der Waals surface area (Å²) in [6.45, 7) is 0.438. The Labute approximate surface area is 98.7 Å². The number of phenols is 1. The summed E-state index contributed by atoms with van der Waals surface area (Å²) in [5, 5.41) is 11.4. The topological polar surface area (TPSA) is 29.5 Å². The van der Waals surface area contributed by atoms with E-state index in [0.717, 1.165) is 16.5 Å². The zero-order valence-electron chi connectivity index (χ0n) is 8.56. The fourth-order valence-electron chi connectivity index (χ4n) is 1.48. The minimum absolute atomic E-state index is 0.255. The van der Waals surface area contributed by atoms with Gasteiger partial charge in [-0.25, -0.2) is 0 Å². The number of fused-ring (bicyclic) bond motifs is 1. The summed E-state index contributed by atoms with van der Waals surface area (Å²) in [4.78, 5) is 0. The van der Waals surface area contributed by atoms with E-state index in [1.807, 2.05) is 24.3 Å². The fourth-order valence-corrected chi connectivity index (χ4v) is 1.56. The first-order valence-electron chi connectivity index (χ1n) is 4.90. The summed E-state index contributed by atoms with van der Waals surface area (Å²) < 4.78 is 5.44. The summed E-state index contributed by atoms with van der Waals surface area (Å²) >= 11 is 5.39. The van der Waals surface area contributed by atoms with Crippen LogP contribution in [0.3, 0.4) is 0 Å². The molecule has 0 fully saturated rings. The van der Waals surface area contributed by atoms with Gasteiger partial charge in [0.2, 0.25) is 0 Å². The van der Waals surface area contributed by atoms with Crippen molar-refractivity contribution in [3.63, 3.8) is 0 Å². The van der Waals surface area contributed by atoms with Crippen LogP contribution in [0.25, 0.3) is 10.8 Å². The molecule has 0 aliphatic carbocycles. The van der Waals surface area contributed by atoms with E-state index in [2.05, 4.69) is 0 Å². The van der Waals surface area contributed by atoms with Gasteiger partial charge < -0.3 is 9.84 Å². The Morgan fingerprint density at radius 1 is 1.12 bits per heavy atom. The number of rotatable bonds is 3. The van der Waals surface area contributed by atoms with Crippen molar-refractivity contribution in [3.05, 3.63) is 48.0 Å². The van der Waals surface area contributed by atoms with Gasteiger partial charge in [-0.3, -0.25) is 0 Å². The van der Waals surface area contributed by atoms with Crippen LogP contribution in [0.15, 0.2) is 48.0 Å². The van der Waals surface area contributed by atoms with Gasteiger partial charge in [-0.1, -0.05) is 23.7 Å². The van der Waals surface area contributed by atoms with E-state index in [4.69, 9.17) is 16.3 Å². The lowest BCUT2D eigenvalue weighted by molar-refractivity contribution is 0.363. The Morgan fingerprint density at radius 3 is 2.75 bits per heavy atom. The quantitative estimate of drug-likeness (QED) is 0.878. The molecule has 2 nitrogen and oxygen atoms in total. The van der Waals surface area contributed by atoms with Crippen LogP contribution in [0.4, 0.5) is 0 Å². The molecule has 0 spiro atoms. The molecule has 0 aliphatic rings. The molecule has 0 amide bonds. The largest absolute Gasteiger partial charge is 0.508 e. The summed E-state index contributed by atoms with van der Waals surface area (Å²) in [7, 11) is 0. The average Bonchev–Trinajstić information content (AvgIpc) is 2.29. The van der Waals surface area contributed by atoms with E-state index >= 15 is 0 Å². The van der Waals surface area contributed by atoms with Crippen molar-refractivity contribution >= 4 is 22.4 Å². The molecule has 0 aromatic heterocycles. The molecular formula is C13H11ClO2. The number of hydrogen-bond acceptors (Lipinski definition) is 2. The first-order chi connectivity index (χ1) is 7.79. The number of benzene rings is 2. The van der Waals surface area contributed by atoms with Gasteiger partial charge in [-0.2, -0.15) is 0 Å². The normalized spacial score (nSPS) is 11.1. The SMILES string of the molecule is Oc1ccc2ccc(OC/C=C/Cl)cc2c1. The van der Waals surface area contributed by atoms with Gasteiger partial charge in [0.25, 0.3) is 0 Å². The van der Waals surface area contributed by atoms with Gasteiger partial charge in [-0.05, 0) is 41.1 Å². The van der Waals surface area contributed by atoms with Gasteiger partial charge in [0, 0.05) is 5.54 Å². The van der Waals surface area contributed by atoms with E-state index in [1.54, 1.807) is 18.2 Å². The summed E-state index contributed by atoms with van der Waals surface area (Å²) in [5.41, 5.74) is 1.42. The smallest absolute Gasteiger partial charge is 0.120 e. The van der Waals surface area contributed by atoms with Crippen molar-refractivity contribution in [2.75, 3.05) is 6.61 Å². The predicted molar refractivity (Wildman–Crippen MR) is 66.1 cm³/mol. The number of ether oxygens (including phenoxy) is 1. The van der Waals surface area contributed by atoms with Crippen LogP contribution in [0.5, 0.6) is 11.5 Å². The first-order valence-corrected chi connectivity index (χ1v) is 5.34. The van der Waals surface area contributed by atoms with E-state index < -0.39 is 0 Å². The molecule has 0 unspecified atom stereocenters.